The van der Waals surface area contributed by atoms with Crippen molar-refractivity contribution in [2.24, 2.45) is 236 Å². The summed E-state index contributed by atoms with van der Waals surface area (Å²) in [6, 6.07) is 0. The Hall–Kier alpha value is 0. The molecule has 0 N–H and O–H groups in total. The van der Waals surface area contributed by atoms with Crippen LogP contribution >= 0.6 is 0 Å². The predicted molar refractivity (Wildman–Crippen MR) is 613 cm³/mol. The highest BCUT2D eigenvalue weighted by Crippen LogP contribution is 2.63. The van der Waals surface area contributed by atoms with Gasteiger partial charge >= 0.3 is 0 Å². The van der Waals surface area contributed by atoms with Crippen LogP contribution in [0.1, 0.15) is 640 Å². The van der Waals surface area contributed by atoms with Crippen LogP contribution in [0.2, 0.25) is 0 Å². The molecule has 138 heavy (non-hydrogen) atoms. The highest BCUT2D eigenvalue weighted by atomic mass is 14.6. The summed E-state index contributed by atoms with van der Waals surface area (Å²) in [6.45, 7) is 46.0. The van der Waals surface area contributed by atoms with Gasteiger partial charge in [0.15, 0.2) is 0 Å². The molecule has 0 unspecified atom stereocenters. The average Bonchev–Trinajstić information content (AvgIpc) is 0.854. The van der Waals surface area contributed by atoms with E-state index < -0.39 is 0 Å². The number of hydrogen-bond donors (Lipinski definition) is 0. The zero-order chi connectivity index (χ0) is 98.7. The molecule has 808 valence electrons. The van der Waals surface area contributed by atoms with Gasteiger partial charge in [-0.25, -0.2) is 0 Å². The van der Waals surface area contributed by atoms with E-state index in [1.54, 1.807) is 392 Å². The molecule has 0 heteroatoms. The Labute approximate surface area is 870 Å². The van der Waals surface area contributed by atoms with Gasteiger partial charge in [-0.05, 0) is 486 Å². The van der Waals surface area contributed by atoms with Crippen molar-refractivity contribution in [2.45, 2.75) is 640 Å². The molecule has 40 saturated carbocycles. The molecule has 0 aliphatic heterocycles. The van der Waals surface area contributed by atoms with E-state index in [-0.39, 0.29) is 0 Å². The first-order chi connectivity index (χ1) is 67.6. The monoisotopic (exact) mass is 1910 g/mol. The van der Waals surface area contributed by atoms with Gasteiger partial charge in [-0.3, -0.25) is 0 Å². The van der Waals surface area contributed by atoms with E-state index in [9.17, 15) is 0 Å². The van der Waals surface area contributed by atoms with Crippen LogP contribution in [0.5, 0.6) is 0 Å². The average molecular weight is 1920 g/mol. The number of rotatable bonds is 0. The van der Waals surface area contributed by atoms with E-state index in [4.69, 9.17) is 0 Å². The molecule has 38 bridgehead atoms. The topological polar surface area (TPSA) is 0 Å². The van der Waals surface area contributed by atoms with Crippen LogP contribution in [0, 0.1) is 236 Å². The maximum atomic E-state index is 2.54. The van der Waals surface area contributed by atoms with Gasteiger partial charge in [0.1, 0.15) is 0 Å². The van der Waals surface area contributed by atoms with Gasteiger partial charge in [-0.15, -0.1) is 0 Å². The quantitative estimate of drug-likeness (QED) is 0.227. The lowest BCUT2D eigenvalue weighted by atomic mass is 9.50. The van der Waals surface area contributed by atoms with Crippen LogP contribution in [0.15, 0.2) is 0 Å². The van der Waals surface area contributed by atoms with Crippen LogP contribution in [0.3, 0.4) is 0 Å². The Morgan fingerprint density at radius 3 is 0.464 bits per heavy atom. The van der Waals surface area contributed by atoms with E-state index in [1.807, 2.05) is 125 Å². The van der Waals surface area contributed by atoms with E-state index in [0.717, 1.165) is 129 Å². The van der Waals surface area contributed by atoms with E-state index in [1.165, 1.54) is 203 Å². The second-order valence-electron chi connectivity index (χ2n) is 55.9. The highest BCUT2D eigenvalue weighted by Gasteiger charge is 2.52. The minimum absolute atomic E-state index is 0.779. The summed E-state index contributed by atoms with van der Waals surface area (Å²) >= 11 is 0. The summed E-state index contributed by atoms with van der Waals surface area (Å²) in [6.07, 6.45) is 119. The molecule has 0 aromatic rings. The van der Waals surface area contributed by atoms with Crippen LogP contribution in [0.25, 0.3) is 0 Å². The molecular formula is C138H256. The lowest BCUT2D eigenvalue weighted by Crippen LogP contribution is -2.44. The first-order valence-electron chi connectivity index (χ1n) is 67.6. The highest BCUT2D eigenvalue weighted by molar-refractivity contribution is 5.03. The van der Waals surface area contributed by atoms with Crippen molar-refractivity contribution in [3.63, 3.8) is 0 Å². The molecule has 40 aliphatic carbocycles. The predicted octanol–water partition coefficient (Wildman–Crippen LogP) is 45.6. The van der Waals surface area contributed by atoms with Gasteiger partial charge in [0.05, 0.1) is 0 Å². The van der Waals surface area contributed by atoms with Crippen LogP contribution in [-0.2, 0) is 0 Å². The molecule has 40 fully saturated rings. The number of hydrogen-bond acceptors (Lipinski definition) is 0. The molecule has 0 atom stereocenters. The van der Waals surface area contributed by atoms with Crippen molar-refractivity contribution in [1.82, 2.24) is 0 Å². The van der Waals surface area contributed by atoms with Crippen molar-refractivity contribution in [3.05, 3.63) is 0 Å². The third kappa shape index (κ3) is 35.3. The zero-order valence-corrected chi connectivity index (χ0v) is 98.7. The minimum Gasteiger partial charge on any atom is -0.0683 e. The maximum Gasteiger partial charge on any atom is -0.0318 e. The molecule has 0 aromatic carbocycles. The van der Waals surface area contributed by atoms with Gasteiger partial charge in [-0.1, -0.05) is 390 Å². The third-order valence-electron chi connectivity index (χ3n) is 46.7. The molecule has 0 heterocycles. The second kappa shape index (κ2) is 62.1. The van der Waals surface area contributed by atoms with Gasteiger partial charge < -0.3 is 0 Å². The molecule has 40 aliphatic rings. The van der Waals surface area contributed by atoms with Crippen LogP contribution in [-0.4, -0.2) is 0 Å². The minimum atomic E-state index is 0.779. The Morgan fingerprint density at radius 2 is 0.268 bits per heavy atom. The standard InChI is InChI=1S/4C11H18.2C10H18.2C9H14.C9H16.C8H14.3C7H12.9C2H6/c1-11-5-8-2-9(6-11)4-10(3-8)7-11;1-7-10-3-8-2-9(5-10)6-11(7)4-8;2*1-2-9-5-10-3-8(1)4-11(6-9)7-10;1-10-6-2-4-9(8-10)5-3-7-10;1-8-9-4-2-5-10(8)7-3-6-9;2*1-6-2-8-4-7(1)5-9(8)3-6;1-3-8-5-2-6-9(4-1)7-8;1-2-8-5-3-7(1)4-6-8;2*1-2-7-4-3-6(1)5-7;1-2-6-4-7(3-1)5-6;9*1-2/h8-10H,2-7H2,1H3;7-11H,2-6H2,1H3;2*8-11H,1-7H2;9H,2-8H2,1H3;8-10H,2-7H2,1H3;2*6-9H,1-5H2;8-9H,1-7H2;7-8H,1-6H2;3*6-7H,1-5H2;9*1-2H3. The summed E-state index contributed by atoms with van der Waals surface area (Å²) in [5, 5.41) is 0. The summed E-state index contributed by atoms with van der Waals surface area (Å²) in [5.74, 6) is 44.1. The molecule has 0 nitrogen and oxygen atoms in total. The van der Waals surface area contributed by atoms with Crippen molar-refractivity contribution >= 4 is 0 Å². The van der Waals surface area contributed by atoms with Crippen molar-refractivity contribution in [3.8, 4) is 0 Å². The van der Waals surface area contributed by atoms with Crippen molar-refractivity contribution in [2.75, 3.05) is 0 Å². The van der Waals surface area contributed by atoms with Crippen molar-refractivity contribution < 1.29 is 0 Å². The molecule has 0 radical (unpaired) electrons. The van der Waals surface area contributed by atoms with E-state index >= 15 is 0 Å². The Kier molecular flexibility index (Phi) is 53.2. The molecule has 0 saturated heterocycles. The summed E-state index contributed by atoms with van der Waals surface area (Å²) in [7, 11) is 0. The summed E-state index contributed by atoms with van der Waals surface area (Å²) in [4.78, 5) is 0. The molecule has 0 aromatic heterocycles. The van der Waals surface area contributed by atoms with Gasteiger partial charge in [0, 0.05) is 0 Å². The van der Waals surface area contributed by atoms with E-state index in [0.29, 0.717) is 0 Å². The molecular weight excluding hydrogens is 1660 g/mol. The summed E-state index contributed by atoms with van der Waals surface area (Å²) < 4.78 is 0. The van der Waals surface area contributed by atoms with Gasteiger partial charge in [-0.2, -0.15) is 0 Å². The summed E-state index contributed by atoms with van der Waals surface area (Å²) in [5.41, 5.74) is 1.58. The molecule has 0 amide bonds. The van der Waals surface area contributed by atoms with Crippen LogP contribution in [0.4, 0.5) is 0 Å². The van der Waals surface area contributed by atoms with Gasteiger partial charge in [0.2, 0.25) is 0 Å². The van der Waals surface area contributed by atoms with Crippen molar-refractivity contribution in [1.29, 1.82) is 0 Å². The fourth-order valence-corrected chi connectivity index (χ4v) is 41.6. The first kappa shape index (κ1) is 118. The van der Waals surface area contributed by atoms with Gasteiger partial charge in [0.25, 0.3) is 0 Å². The zero-order valence-electron chi connectivity index (χ0n) is 98.7. The third-order valence-corrected chi connectivity index (χ3v) is 46.7. The molecule has 0 spiro atoms. The SMILES string of the molecule is C1C2CC3CC1CC3C2.C1C2CC3CC1CC3C2.C1CC2CC(C1)C2.C1CC2CC3CC1CC(C2)C3.C1CC2CC3CC1CC(C2)C3.C1CC2CCC1C2.C1CC2CCC1C2.C1CC2CCC1CC2.C1CC2CCCC(C1)C2.CC.CC.CC.CC.CC.CC.CC.CC.CC.CC12CC3CC(CC(C3)C1)C2.CC12CCCC(CCC1)C2.CC1C2CC3CC(C2)CC1C3.CC1C2CCCC1CCC2. The maximum absolute atomic E-state index is 2.54. The smallest absolute Gasteiger partial charge is 0.0318 e. The lowest BCUT2D eigenvalue weighted by Gasteiger charge is -2.55. The Balaban J connectivity index is 0.000000142. The van der Waals surface area contributed by atoms with Crippen LogP contribution < -0.4 is 0 Å². The fourth-order valence-electron chi connectivity index (χ4n) is 41.6. The largest absolute Gasteiger partial charge is 0.0683 e. The first-order valence-corrected chi connectivity index (χ1v) is 67.6. The second-order valence-corrected chi connectivity index (χ2v) is 55.9. The molecule has 40 rings (SSSR count). The Morgan fingerprint density at radius 1 is 0.116 bits per heavy atom. The lowest BCUT2D eigenvalue weighted by molar-refractivity contribution is -0.0411. The number of fused-ring (bicyclic) bond motifs is 17. The Bertz CT molecular complexity index is 2650. The normalized spacial score (nSPS) is 46.2. The van der Waals surface area contributed by atoms with E-state index in [2.05, 4.69) is 27.7 Å². The fraction of sp³-hybridized carbons (Fsp3) is 1.00.